The number of carbonyl (C=O) groups excluding carboxylic acids is 4. The van der Waals surface area contributed by atoms with Gasteiger partial charge in [0.2, 0.25) is 11.8 Å². The lowest BCUT2D eigenvalue weighted by Gasteiger charge is -2.35. The van der Waals surface area contributed by atoms with E-state index in [4.69, 9.17) is 9.47 Å². The fraction of sp³-hybridized carbons (Fsp3) is 0.677. The Morgan fingerprint density at radius 3 is 2.12 bits per heavy atom. The first-order valence-corrected chi connectivity index (χ1v) is 14.7. The van der Waals surface area contributed by atoms with Crippen LogP contribution in [0.15, 0.2) is 24.3 Å². The van der Waals surface area contributed by atoms with Gasteiger partial charge in [-0.15, -0.1) is 0 Å². The highest BCUT2D eigenvalue weighted by Gasteiger charge is 2.37. The Kier molecular flexibility index (Phi) is 15.3. The molecule has 0 aliphatic heterocycles. The highest BCUT2D eigenvalue weighted by atomic mass is 16.6. The molecule has 0 aliphatic carbocycles. The zero-order chi connectivity index (χ0) is 30.3. The molecule has 0 saturated carbocycles. The fourth-order valence-corrected chi connectivity index (χ4v) is 4.23. The van der Waals surface area contributed by atoms with E-state index in [-0.39, 0.29) is 31.4 Å². The highest BCUT2D eigenvalue weighted by Crippen LogP contribution is 2.25. The van der Waals surface area contributed by atoms with Gasteiger partial charge in [0.15, 0.2) is 0 Å². The molecule has 1 aromatic carbocycles. The minimum atomic E-state index is -0.941. The largest absolute Gasteiger partial charge is 0.466 e. The second-order valence-electron chi connectivity index (χ2n) is 11.3. The van der Waals surface area contributed by atoms with E-state index in [0.29, 0.717) is 18.5 Å². The number of hydrogen-bond donors (Lipinski definition) is 2. The lowest BCUT2D eigenvalue weighted by atomic mass is 9.97. The summed E-state index contributed by atoms with van der Waals surface area (Å²) in [5, 5.41) is 5.58. The van der Waals surface area contributed by atoms with Crippen molar-refractivity contribution >= 4 is 23.9 Å². The molecule has 0 spiro atoms. The van der Waals surface area contributed by atoms with Crippen molar-refractivity contribution in [1.82, 2.24) is 15.5 Å². The van der Waals surface area contributed by atoms with E-state index in [1.807, 2.05) is 45.0 Å². The lowest BCUT2D eigenvalue weighted by molar-refractivity contribution is -0.144. The number of esters is 1. The molecule has 0 aliphatic rings. The topological polar surface area (TPSA) is 114 Å². The summed E-state index contributed by atoms with van der Waals surface area (Å²) < 4.78 is 10.4. The van der Waals surface area contributed by atoms with Gasteiger partial charge in [0.1, 0.15) is 17.7 Å². The molecule has 2 N–H and O–H groups in total. The lowest BCUT2D eigenvalue weighted by Crippen LogP contribution is -2.55. The van der Waals surface area contributed by atoms with E-state index >= 15 is 0 Å². The van der Waals surface area contributed by atoms with E-state index in [2.05, 4.69) is 17.6 Å². The Morgan fingerprint density at radius 2 is 1.60 bits per heavy atom. The van der Waals surface area contributed by atoms with Crippen LogP contribution in [0, 0.1) is 5.92 Å². The summed E-state index contributed by atoms with van der Waals surface area (Å²) in [4.78, 5) is 54.0. The Bertz CT molecular complexity index is 939. The molecule has 0 radical (unpaired) electrons. The molecule has 40 heavy (non-hydrogen) atoms. The molecule has 2 unspecified atom stereocenters. The molecule has 2 atom stereocenters. The Hall–Kier alpha value is -3.10. The Morgan fingerprint density at radius 1 is 0.950 bits per heavy atom. The molecule has 226 valence electrons. The standard InChI is InChI=1S/C31H51N3O6/c1-9-12-13-14-21-34(29(37)26(22(4)5)33-30(38)40-31(6,7)8)27(24-17-15-23(10-2)16-18-24)28(36)32-20-19-25(35)39-11-3/h15-18,22,26-27H,9-14,19-21H2,1-8H3,(H,32,36)(H,33,38). The van der Waals surface area contributed by atoms with E-state index in [9.17, 15) is 19.2 Å². The average molecular weight is 562 g/mol. The van der Waals surface area contributed by atoms with Crippen LogP contribution in [0.4, 0.5) is 4.79 Å². The van der Waals surface area contributed by atoms with Gasteiger partial charge in [0.05, 0.1) is 13.0 Å². The van der Waals surface area contributed by atoms with Crippen LogP contribution in [0.25, 0.3) is 0 Å². The van der Waals surface area contributed by atoms with Crippen LogP contribution >= 0.6 is 0 Å². The van der Waals surface area contributed by atoms with Gasteiger partial charge >= 0.3 is 12.1 Å². The van der Waals surface area contributed by atoms with E-state index in [0.717, 1.165) is 31.2 Å². The quantitative estimate of drug-likeness (QED) is 0.209. The highest BCUT2D eigenvalue weighted by molar-refractivity contribution is 5.92. The number of benzene rings is 1. The van der Waals surface area contributed by atoms with E-state index in [1.165, 1.54) is 0 Å². The number of unbranched alkanes of at least 4 members (excludes halogenated alkanes) is 3. The third-order valence-corrected chi connectivity index (χ3v) is 6.34. The van der Waals surface area contributed by atoms with Crippen molar-refractivity contribution < 1.29 is 28.7 Å². The Balaban J connectivity index is 3.42. The monoisotopic (exact) mass is 561 g/mol. The molecule has 3 amide bonds. The number of hydrogen-bond acceptors (Lipinski definition) is 6. The zero-order valence-electron chi connectivity index (χ0n) is 25.8. The van der Waals surface area contributed by atoms with Gasteiger partial charge in [-0.1, -0.05) is 71.2 Å². The summed E-state index contributed by atoms with van der Waals surface area (Å²) in [5.41, 5.74) is 1.05. The maximum Gasteiger partial charge on any atom is 0.408 e. The smallest absolute Gasteiger partial charge is 0.408 e. The fourth-order valence-electron chi connectivity index (χ4n) is 4.23. The molecule has 0 heterocycles. The van der Waals surface area contributed by atoms with Gasteiger partial charge in [0.25, 0.3) is 0 Å². The number of amides is 3. The maximum absolute atomic E-state index is 14.2. The van der Waals surface area contributed by atoms with Crippen molar-refractivity contribution in [2.45, 2.75) is 112 Å². The van der Waals surface area contributed by atoms with Crippen LogP contribution in [0.1, 0.15) is 105 Å². The van der Waals surface area contributed by atoms with Gasteiger partial charge in [-0.25, -0.2) is 4.79 Å². The average Bonchev–Trinajstić information content (AvgIpc) is 2.87. The summed E-state index contributed by atoms with van der Waals surface area (Å²) in [5.74, 6) is -1.41. The summed E-state index contributed by atoms with van der Waals surface area (Å²) in [6.45, 7) is 15.5. The van der Waals surface area contributed by atoms with Gasteiger partial charge in [-0.3, -0.25) is 14.4 Å². The first-order valence-electron chi connectivity index (χ1n) is 14.7. The summed E-state index contributed by atoms with van der Waals surface area (Å²) in [6.07, 6.45) is 3.82. The molecular weight excluding hydrogens is 510 g/mol. The minimum Gasteiger partial charge on any atom is -0.466 e. The number of nitrogens with one attached hydrogen (secondary N) is 2. The van der Waals surface area contributed by atoms with Crippen molar-refractivity contribution in [1.29, 1.82) is 0 Å². The molecule has 1 aromatic rings. The number of nitrogens with zero attached hydrogens (tertiary/aromatic N) is 1. The normalized spacial score (nSPS) is 12.8. The minimum absolute atomic E-state index is 0.0281. The van der Waals surface area contributed by atoms with Crippen molar-refractivity contribution in [3.8, 4) is 0 Å². The number of alkyl carbamates (subject to hydrolysis) is 1. The predicted molar refractivity (Wildman–Crippen MR) is 157 cm³/mol. The van der Waals surface area contributed by atoms with Crippen molar-refractivity contribution in [2.75, 3.05) is 19.7 Å². The first kappa shape index (κ1) is 34.9. The van der Waals surface area contributed by atoms with Gasteiger partial charge in [-0.05, 0) is 57.6 Å². The number of carbonyl (C=O) groups is 4. The molecule has 9 heteroatoms. The van der Waals surface area contributed by atoms with Crippen molar-refractivity contribution in [3.05, 3.63) is 35.4 Å². The maximum atomic E-state index is 14.2. The predicted octanol–water partition coefficient (Wildman–Crippen LogP) is 5.32. The number of aryl methyl sites for hydroxylation is 1. The van der Waals surface area contributed by atoms with Crippen molar-refractivity contribution in [2.24, 2.45) is 5.92 Å². The van der Waals surface area contributed by atoms with Gasteiger partial charge < -0.3 is 25.0 Å². The first-order chi connectivity index (χ1) is 18.8. The van der Waals surface area contributed by atoms with E-state index in [1.54, 1.807) is 32.6 Å². The van der Waals surface area contributed by atoms with Crippen LogP contribution < -0.4 is 10.6 Å². The van der Waals surface area contributed by atoms with Crippen LogP contribution in [0.5, 0.6) is 0 Å². The van der Waals surface area contributed by atoms with E-state index < -0.39 is 35.7 Å². The molecular formula is C31H51N3O6. The van der Waals surface area contributed by atoms with Crippen molar-refractivity contribution in [3.63, 3.8) is 0 Å². The second-order valence-corrected chi connectivity index (χ2v) is 11.3. The molecule has 0 bridgehead atoms. The van der Waals surface area contributed by atoms with Crippen LogP contribution in [0.3, 0.4) is 0 Å². The second kappa shape index (κ2) is 17.6. The molecule has 0 fully saturated rings. The van der Waals surface area contributed by atoms with Crippen LogP contribution in [-0.2, 0) is 30.3 Å². The van der Waals surface area contributed by atoms with Gasteiger partial charge in [0, 0.05) is 13.1 Å². The van der Waals surface area contributed by atoms with Gasteiger partial charge in [-0.2, -0.15) is 0 Å². The number of ether oxygens (including phenoxy) is 2. The molecule has 0 saturated heterocycles. The van der Waals surface area contributed by atoms with Crippen LogP contribution in [0.2, 0.25) is 0 Å². The summed E-state index contributed by atoms with van der Waals surface area (Å²) in [6, 6.07) is 5.80. The molecule has 0 aromatic heterocycles. The summed E-state index contributed by atoms with van der Waals surface area (Å²) >= 11 is 0. The third kappa shape index (κ3) is 12.4. The SMILES string of the molecule is CCCCCCN(C(=O)C(NC(=O)OC(C)(C)C)C(C)C)C(C(=O)NCCC(=O)OCC)c1ccc(CC)cc1. The molecule has 9 nitrogen and oxygen atoms in total. The number of rotatable bonds is 16. The zero-order valence-corrected chi connectivity index (χ0v) is 25.8. The summed E-state index contributed by atoms with van der Waals surface area (Å²) in [7, 11) is 0. The molecule has 1 rings (SSSR count). The third-order valence-electron chi connectivity index (χ3n) is 6.34. The Labute approximate surface area is 240 Å². The van der Waals surface area contributed by atoms with Crippen LogP contribution in [-0.4, -0.2) is 60.1 Å².